The molecule has 1 aliphatic heterocycles. The van der Waals surface area contributed by atoms with Gasteiger partial charge in [-0.15, -0.1) is 11.3 Å². The molecule has 0 spiro atoms. The fourth-order valence-corrected chi connectivity index (χ4v) is 3.83. The quantitative estimate of drug-likeness (QED) is 0.747. The standard InChI is InChI=1S/C17H15N3O4S/c1-2-19-16(22)13-15(21)9-4-3-5-11-14(9)20(17(13)23)10(7-24-11)12-6-18-8-25-12/h3-6,8,10,21H,2,7H2,1H3,(H,19,22). The topological polar surface area (TPSA) is 93.5 Å². The predicted octanol–water partition coefficient (Wildman–Crippen LogP) is 1.90. The number of benzene rings is 1. The summed E-state index contributed by atoms with van der Waals surface area (Å²) in [5.74, 6) is -0.402. The number of thiazole rings is 1. The highest BCUT2D eigenvalue weighted by Gasteiger charge is 2.31. The molecule has 0 saturated heterocycles. The molecule has 2 aromatic heterocycles. The van der Waals surface area contributed by atoms with Crippen molar-refractivity contribution in [3.63, 3.8) is 0 Å². The number of rotatable bonds is 3. The van der Waals surface area contributed by atoms with Gasteiger partial charge < -0.3 is 15.2 Å². The van der Waals surface area contributed by atoms with E-state index in [2.05, 4.69) is 10.3 Å². The molecule has 128 valence electrons. The van der Waals surface area contributed by atoms with Gasteiger partial charge in [0.05, 0.1) is 15.9 Å². The number of para-hydroxylation sites is 1. The molecule has 0 aliphatic carbocycles. The molecule has 2 N–H and O–H groups in total. The zero-order valence-electron chi connectivity index (χ0n) is 13.4. The highest BCUT2D eigenvalue weighted by molar-refractivity contribution is 7.09. The fourth-order valence-electron chi connectivity index (χ4n) is 3.13. The van der Waals surface area contributed by atoms with E-state index in [-0.39, 0.29) is 17.9 Å². The SMILES string of the molecule is CCNC(=O)c1c(O)c2cccc3c2n(c1=O)C(c1cncs1)CO3. The van der Waals surface area contributed by atoms with E-state index in [0.29, 0.717) is 23.2 Å². The van der Waals surface area contributed by atoms with Crippen LogP contribution in [0.5, 0.6) is 11.5 Å². The Balaban J connectivity index is 2.09. The maximum absolute atomic E-state index is 13.1. The Bertz CT molecular complexity index is 1030. The second-order valence-corrected chi connectivity index (χ2v) is 6.56. The summed E-state index contributed by atoms with van der Waals surface area (Å²) >= 11 is 1.41. The number of amides is 1. The zero-order valence-corrected chi connectivity index (χ0v) is 14.2. The summed E-state index contributed by atoms with van der Waals surface area (Å²) in [4.78, 5) is 30.4. The fraction of sp³-hybridized carbons (Fsp3) is 0.235. The first-order valence-electron chi connectivity index (χ1n) is 7.83. The maximum Gasteiger partial charge on any atom is 0.268 e. The molecule has 0 saturated carbocycles. The van der Waals surface area contributed by atoms with Gasteiger partial charge in [-0.05, 0) is 19.1 Å². The monoisotopic (exact) mass is 357 g/mol. The van der Waals surface area contributed by atoms with Crippen LogP contribution >= 0.6 is 11.3 Å². The van der Waals surface area contributed by atoms with Crippen molar-refractivity contribution in [3.8, 4) is 11.5 Å². The number of carbonyl (C=O) groups excluding carboxylic acids is 1. The minimum absolute atomic E-state index is 0.247. The molecular formula is C17H15N3O4S. The molecule has 3 aromatic rings. The highest BCUT2D eigenvalue weighted by Crippen LogP contribution is 2.38. The summed E-state index contributed by atoms with van der Waals surface area (Å²) < 4.78 is 7.33. The van der Waals surface area contributed by atoms with Crippen molar-refractivity contribution in [1.82, 2.24) is 14.9 Å². The van der Waals surface area contributed by atoms with Gasteiger partial charge >= 0.3 is 0 Å². The summed E-state index contributed by atoms with van der Waals surface area (Å²) in [6.45, 7) is 2.37. The third kappa shape index (κ3) is 2.29. The largest absolute Gasteiger partial charge is 0.506 e. The molecule has 4 rings (SSSR count). The van der Waals surface area contributed by atoms with E-state index in [4.69, 9.17) is 4.74 Å². The summed E-state index contributed by atoms with van der Waals surface area (Å²) in [7, 11) is 0. The van der Waals surface area contributed by atoms with Gasteiger partial charge in [0.1, 0.15) is 29.7 Å². The first-order valence-corrected chi connectivity index (χ1v) is 8.71. The van der Waals surface area contributed by atoms with Crippen LogP contribution in [0.15, 0.2) is 34.7 Å². The average Bonchev–Trinajstić information content (AvgIpc) is 3.14. The first kappa shape index (κ1) is 15.6. The first-order chi connectivity index (χ1) is 12.1. The number of nitrogens with one attached hydrogen (secondary N) is 1. The number of nitrogens with zero attached hydrogens (tertiary/aromatic N) is 2. The smallest absolute Gasteiger partial charge is 0.268 e. The van der Waals surface area contributed by atoms with E-state index in [1.807, 2.05) is 0 Å². The number of pyridine rings is 1. The minimum Gasteiger partial charge on any atom is -0.506 e. The van der Waals surface area contributed by atoms with Gasteiger partial charge in [0, 0.05) is 18.1 Å². The van der Waals surface area contributed by atoms with E-state index in [9.17, 15) is 14.7 Å². The molecule has 1 atom stereocenters. The third-order valence-electron chi connectivity index (χ3n) is 4.22. The van der Waals surface area contributed by atoms with Crippen LogP contribution in [0.25, 0.3) is 10.9 Å². The van der Waals surface area contributed by atoms with Gasteiger partial charge in [0.2, 0.25) is 0 Å². The molecular weight excluding hydrogens is 342 g/mol. The Morgan fingerprint density at radius 3 is 3.08 bits per heavy atom. The number of aromatic hydroxyl groups is 1. The molecule has 1 aromatic carbocycles. The Kier molecular flexibility index (Phi) is 3.69. The Morgan fingerprint density at radius 1 is 1.52 bits per heavy atom. The van der Waals surface area contributed by atoms with E-state index >= 15 is 0 Å². The highest BCUT2D eigenvalue weighted by atomic mass is 32.1. The lowest BCUT2D eigenvalue weighted by molar-refractivity contribution is 0.0950. The van der Waals surface area contributed by atoms with Gasteiger partial charge in [0.25, 0.3) is 11.5 Å². The molecule has 8 heteroatoms. The van der Waals surface area contributed by atoms with Crippen molar-refractivity contribution < 1.29 is 14.6 Å². The number of carbonyl (C=O) groups is 1. The second-order valence-electron chi connectivity index (χ2n) is 5.64. The summed E-state index contributed by atoms with van der Waals surface area (Å²) in [5.41, 5.74) is 1.39. The molecule has 1 unspecified atom stereocenters. The molecule has 1 aliphatic rings. The van der Waals surface area contributed by atoms with Gasteiger partial charge in [-0.2, -0.15) is 0 Å². The second kappa shape index (κ2) is 5.89. The van der Waals surface area contributed by atoms with Crippen LogP contribution in [0, 0.1) is 0 Å². The third-order valence-corrected chi connectivity index (χ3v) is 5.09. The maximum atomic E-state index is 13.1. The molecule has 3 heterocycles. The predicted molar refractivity (Wildman–Crippen MR) is 93.6 cm³/mol. The number of hydrogen-bond donors (Lipinski definition) is 2. The average molecular weight is 357 g/mol. The van der Waals surface area contributed by atoms with Crippen LogP contribution < -0.4 is 15.6 Å². The lowest BCUT2D eigenvalue weighted by atomic mass is 10.1. The Hall–Kier alpha value is -2.87. The van der Waals surface area contributed by atoms with Crippen LogP contribution in [0.1, 0.15) is 28.2 Å². The van der Waals surface area contributed by atoms with Crippen LogP contribution in [-0.2, 0) is 0 Å². The molecule has 0 radical (unpaired) electrons. The van der Waals surface area contributed by atoms with Gasteiger partial charge in [-0.1, -0.05) is 6.07 Å². The van der Waals surface area contributed by atoms with Crippen LogP contribution in [-0.4, -0.2) is 33.7 Å². The lowest BCUT2D eigenvalue weighted by Crippen LogP contribution is -2.38. The van der Waals surface area contributed by atoms with Crippen molar-refractivity contribution in [2.75, 3.05) is 13.2 Å². The van der Waals surface area contributed by atoms with Crippen molar-refractivity contribution in [2.45, 2.75) is 13.0 Å². The minimum atomic E-state index is -0.587. The summed E-state index contributed by atoms with van der Waals surface area (Å²) in [6, 6.07) is 4.74. The van der Waals surface area contributed by atoms with Crippen molar-refractivity contribution in [3.05, 3.63) is 50.7 Å². The number of aromatic nitrogens is 2. The molecule has 1 amide bonds. The van der Waals surface area contributed by atoms with Crippen molar-refractivity contribution in [1.29, 1.82) is 0 Å². The van der Waals surface area contributed by atoms with Crippen molar-refractivity contribution >= 4 is 28.1 Å². The number of ether oxygens (including phenoxy) is 1. The molecule has 0 bridgehead atoms. The molecule has 25 heavy (non-hydrogen) atoms. The van der Waals surface area contributed by atoms with E-state index < -0.39 is 17.5 Å². The van der Waals surface area contributed by atoms with Crippen molar-refractivity contribution in [2.24, 2.45) is 0 Å². The number of hydrogen-bond acceptors (Lipinski definition) is 6. The Labute approximate surface area is 146 Å². The van der Waals surface area contributed by atoms with E-state index in [0.717, 1.165) is 4.88 Å². The van der Waals surface area contributed by atoms with Crippen LogP contribution in [0.3, 0.4) is 0 Å². The Morgan fingerprint density at radius 2 is 2.36 bits per heavy atom. The molecule has 0 fully saturated rings. The van der Waals surface area contributed by atoms with Gasteiger partial charge in [-0.3, -0.25) is 19.1 Å². The molecule has 7 nitrogen and oxygen atoms in total. The van der Waals surface area contributed by atoms with Gasteiger partial charge in [-0.25, -0.2) is 0 Å². The van der Waals surface area contributed by atoms with Crippen LogP contribution in [0.4, 0.5) is 0 Å². The summed E-state index contributed by atoms with van der Waals surface area (Å²) in [6.07, 6.45) is 1.68. The van der Waals surface area contributed by atoms with E-state index in [1.54, 1.807) is 36.8 Å². The summed E-state index contributed by atoms with van der Waals surface area (Å²) in [5, 5.41) is 13.6. The van der Waals surface area contributed by atoms with Gasteiger partial charge in [0.15, 0.2) is 0 Å². The normalized spacial score (nSPS) is 15.8. The van der Waals surface area contributed by atoms with E-state index in [1.165, 1.54) is 15.9 Å². The lowest BCUT2D eigenvalue weighted by Gasteiger charge is -2.28. The van der Waals surface area contributed by atoms with Crippen LogP contribution in [0.2, 0.25) is 0 Å². The zero-order chi connectivity index (χ0) is 17.6.